The molecule has 3 atom stereocenters. The molecule has 0 unspecified atom stereocenters. The first-order valence-electron chi connectivity index (χ1n) is 7.00. The van der Waals surface area contributed by atoms with Gasteiger partial charge in [-0.2, -0.15) is 0 Å². The summed E-state index contributed by atoms with van der Waals surface area (Å²) in [5.74, 6) is 0.598. The predicted octanol–water partition coefficient (Wildman–Crippen LogP) is 2.12. The molecule has 0 saturated carbocycles. The van der Waals surface area contributed by atoms with Crippen molar-refractivity contribution in [3.05, 3.63) is 22.7 Å². The first-order chi connectivity index (χ1) is 9.87. The van der Waals surface area contributed by atoms with Crippen molar-refractivity contribution >= 4 is 21.6 Å². The third kappa shape index (κ3) is 2.90. The zero-order valence-electron chi connectivity index (χ0n) is 11.9. The molecule has 0 amide bonds. The zero-order chi connectivity index (χ0) is 15.2. The monoisotopic (exact) mass is 331 g/mol. The van der Waals surface area contributed by atoms with E-state index in [4.69, 9.17) is 21.1 Å². The van der Waals surface area contributed by atoms with Gasteiger partial charge in [0, 0.05) is 18.6 Å². The molecule has 0 radical (unpaired) electrons. The van der Waals surface area contributed by atoms with Gasteiger partial charge in [0.15, 0.2) is 0 Å². The molecule has 2 aliphatic rings. The van der Waals surface area contributed by atoms with Crippen molar-refractivity contribution in [2.24, 2.45) is 0 Å². The molecular weight excluding hydrogens is 314 g/mol. The van der Waals surface area contributed by atoms with Gasteiger partial charge in [-0.1, -0.05) is 11.6 Å². The highest BCUT2D eigenvalue weighted by Crippen LogP contribution is 2.38. The van der Waals surface area contributed by atoms with Gasteiger partial charge in [0.2, 0.25) is 10.0 Å². The van der Waals surface area contributed by atoms with Gasteiger partial charge in [-0.3, -0.25) is 0 Å². The fourth-order valence-electron chi connectivity index (χ4n) is 2.77. The normalized spacial score (nSPS) is 28.4. The van der Waals surface area contributed by atoms with Crippen molar-refractivity contribution < 1.29 is 17.9 Å². The molecule has 0 aliphatic carbocycles. The van der Waals surface area contributed by atoms with E-state index in [0.717, 1.165) is 5.56 Å². The molecule has 5 nitrogen and oxygen atoms in total. The van der Waals surface area contributed by atoms with Crippen LogP contribution in [0.5, 0.6) is 5.75 Å². The zero-order valence-corrected chi connectivity index (χ0v) is 13.5. The smallest absolute Gasteiger partial charge is 0.240 e. The highest BCUT2D eigenvalue weighted by atomic mass is 35.5. The minimum atomic E-state index is -3.61. The van der Waals surface area contributed by atoms with Crippen molar-refractivity contribution in [1.29, 1.82) is 0 Å². The van der Waals surface area contributed by atoms with E-state index >= 15 is 0 Å². The molecule has 2 aliphatic heterocycles. The Kier molecular flexibility index (Phi) is 3.90. The van der Waals surface area contributed by atoms with E-state index in [2.05, 4.69) is 4.72 Å². The third-order valence-electron chi connectivity index (χ3n) is 3.91. The van der Waals surface area contributed by atoms with E-state index in [1.54, 1.807) is 6.07 Å². The molecule has 0 aromatic heterocycles. The highest BCUT2D eigenvalue weighted by Gasteiger charge is 2.31. The maximum absolute atomic E-state index is 12.5. The Morgan fingerprint density at radius 2 is 2.10 bits per heavy atom. The van der Waals surface area contributed by atoms with Gasteiger partial charge >= 0.3 is 0 Å². The standard InChI is InChI=1S/C14H18ClNO4S/c1-8-5-10-6-11(7-12(15)14(10)20-8)21(17,18)16-13-3-4-19-9(13)2/h6-9,13,16H,3-5H2,1-2H3/t8-,9+,13-/m1/s1. The fourth-order valence-corrected chi connectivity index (χ4v) is 4.53. The second-order valence-electron chi connectivity index (χ2n) is 5.62. The van der Waals surface area contributed by atoms with E-state index in [9.17, 15) is 8.42 Å². The van der Waals surface area contributed by atoms with Gasteiger partial charge < -0.3 is 9.47 Å². The Balaban J connectivity index is 1.89. The van der Waals surface area contributed by atoms with Gasteiger partial charge in [-0.05, 0) is 32.4 Å². The number of hydrogen-bond donors (Lipinski definition) is 1. The first-order valence-corrected chi connectivity index (χ1v) is 8.86. The number of halogens is 1. The number of nitrogens with one attached hydrogen (secondary N) is 1. The molecule has 1 saturated heterocycles. The summed E-state index contributed by atoms with van der Waals surface area (Å²) in [4.78, 5) is 0.183. The molecule has 1 aromatic rings. The van der Waals surface area contributed by atoms with Gasteiger partial charge in [-0.25, -0.2) is 13.1 Å². The van der Waals surface area contributed by atoms with Crippen LogP contribution in [0.3, 0.4) is 0 Å². The van der Waals surface area contributed by atoms with Crippen LogP contribution in [0, 0.1) is 0 Å². The summed E-state index contributed by atoms with van der Waals surface area (Å²) in [7, 11) is -3.61. The number of sulfonamides is 1. The van der Waals surface area contributed by atoms with Gasteiger partial charge in [0.25, 0.3) is 0 Å². The van der Waals surface area contributed by atoms with E-state index in [1.165, 1.54) is 6.07 Å². The minimum Gasteiger partial charge on any atom is -0.489 e. The first kappa shape index (κ1) is 15.1. The minimum absolute atomic E-state index is 0.0201. The summed E-state index contributed by atoms with van der Waals surface area (Å²) in [6.45, 7) is 4.37. The van der Waals surface area contributed by atoms with Crippen molar-refractivity contribution in [1.82, 2.24) is 4.72 Å². The summed E-state index contributed by atoms with van der Waals surface area (Å²) in [6, 6.07) is 2.89. The topological polar surface area (TPSA) is 64.6 Å². The molecule has 7 heteroatoms. The Bertz CT molecular complexity index is 661. The summed E-state index contributed by atoms with van der Waals surface area (Å²) < 4.78 is 38.7. The molecule has 3 rings (SSSR count). The Labute approximate surface area is 129 Å². The molecule has 1 fully saturated rings. The molecule has 2 heterocycles. The quantitative estimate of drug-likeness (QED) is 0.921. The lowest BCUT2D eigenvalue weighted by Crippen LogP contribution is -2.39. The average molecular weight is 332 g/mol. The third-order valence-corrected chi connectivity index (χ3v) is 5.66. The summed E-state index contributed by atoms with van der Waals surface area (Å²) >= 11 is 6.15. The lowest BCUT2D eigenvalue weighted by atomic mass is 10.1. The largest absolute Gasteiger partial charge is 0.489 e. The lowest BCUT2D eigenvalue weighted by molar-refractivity contribution is 0.117. The molecule has 0 bridgehead atoms. The average Bonchev–Trinajstić information content (AvgIpc) is 2.95. The Hall–Kier alpha value is -0.820. The van der Waals surface area contributed by atoms with Crippen molar-refractivity contribution in [2.75, 3.05) is 6.61 Å². The Morgan fingerprint density at radius 3 is 2.76 bits per heavy atom. The molecule has 0 spiro atoms. The molecular formula is C14H18ClNO4S. The highest BCUT2D eigenvalue weighted by molar-refractivity contribution is 7.89. The van der Waals surface area contributed by atoms with Gasteiger partial charge in [0.05, 0.1) is 22.1 Å². The predicted molar refractivity (Wildman–Crippen MR) is 79.4 cm³/mol. The molecule has 1 aromatic carbocycles. The lowest BCUT2D eigenvalue weighted by Gasteiger charge is -2.16. The van der Waals surface area contributed by atoms with Crippen LogP contribution in [0.4, 0.5) is 0 Å². The van der Waals surface area contributed by atoms with E-state index < -0.39 is 10.0 Å². The summed E-state index contributed by atoms with van der Waals surface area (Å²) in [5, 5.41) is 0.341. The second kappa shape index (κ2) is 5.43. The number of rotatable bonds is 3. The van der Waals surface area contributed by atoms with Gasteiger partial charge in [0.1, 0.15) is 11.9 Å². The number of ether oxygens (including phenoxy) is 2. The summed E-state index contributed by atoms with van der Waals surface area (Å²) in [6.07, 6.45) is 1.25. The SMILES string of the molecule is C[C@@H]1Cc2cc(S(=O)(=O)N[C@@H]3CCO[C@H]3C)cc(Cl)c2O1. The maximum atomic E-state index is 12.5. The van der Waals surface area contributed by atoms with E-state index in [1.807, 2.05) is 13.8 Å². The van der Waals surface area contributed by atoms with Crippen LogP contribution in [-0.4, -0.2) is 33.3 Å². The van der Waals surface area contributed by atoms with E-state index in [-0.39, 0.29) is 23.1 Å². The van der Waals surface area contributed by atoms with Crippen LogP contribution in [0.25, 0.3) is 0 Å². The molecule has 1 N–H and O–H groups in total. The van der Waals surface area contributed by atoms with Crippen LogP contribution < -0.4 is 9.46 Å². The van der Waals surface area contributed by atoms with Gasteiger partial charge in [-0.15, -0.1) is 0 Å². The number of fused-ring (bicyclic) bond motifs is 1. The van der Waals surface area contributed by atoms with Crippen molar-refractivity contribution in [3.63, 3.8) is 0 Å². The van der Waals surface area contributed by atoms with Crippen LogP contribution >= 0.6 is 11.6 Å². The summed E-state index contributed by atoms with van der Waals surface area (Å²) in [5.41, 5.74) is 0.839. The second-order valence-corrected chi connectivity index (χ2v) is 7.74. The van der Waals surface area contributed by atoms with Crippen LogP contribution in [0.1, 0.15) is 25.8 Å². The van der Waals surface area contributed by atoms with Crippen LogP contribution in [-0.2, 0) is 21.2 Å². The number of hydrogen-bond acceptors (Lipinski definition) is 4. The van der Waals surface area contributed by atoms with E-state index in [0.29, 0.717) is 30.2 Å². The fraction of sp³-hybridized carbons (Fsp3) is 0.571. The molecule has 116 valence electrons. The van der Waals surface area contributed by atoms with Crippen LogP contribution in [0.2, 0.25) is 5.02 Å². The Morgan fingerprint density at radius 1 is 1.33 bits per heavy atom. The van der Waals surface area contributed by atoms with Crippen molar-refractivity contribution in [3.8, 4) is 5.75 Å². The maximum Gasteiger partial charge on any atom is 0.240 e. The number of benzene rings is 1. The van der Waals surface area contributed by atoms with Crippen LogP contribution in [0.15, 0.2) is 17.0 Å². The molecule has 21 heavy (non-hydrogen) atoms. The van der Waals surface area contributed by atoms with Crippen molar-refractivity contribution in [2.45, 2.75) is 49.8 Å².